The molecule has 0 saturated carbocycles. The van der Waals surface area contributed by atoms with Crippen LogP contribution in [-0.4, -0.2) is 17.4 Å². The maximum absolute atomic E-state index is 13.5. The molecule has 0 fully saturated rings. The van der Waals surface area contributed by atoms with Crippen LogP contribution < -0.4 is 5.73 Å². The quantitative estimate of drug-likeness (QED) is 0.916. The number of nitrogens with zero attached hydrogens (tertiary/aromatic N) is 2. The number of hydrogen-bond acceptors (Lipinski definition) is 4. The molecule has 0 aliphatic carbocycles. The molecule has 6 heteroatoms. The molecule has 2 heterocycles. The fraction of sp³-hybridized carbons (Fsp3) is 0.214. The number of thiophene rings is 1. The first-order valence-electron chi connectivity index (χ1n) is 6.19. The maximum Gasteiger partial charge on any atom is 0.192 e. The zero-order valence-corrected chi connectivity index (χ0v) is 13.0. The van der Waals surface area contributed by atoms with E-state index in [2.05, 4.69) is 27.0 Å². The van der Waals surface area contributed by atoms with Gasteiger partial charge in [0.1, 0.15) is 5.82 Å². The Kier molecular flexibility index (Phi) is 3.76. The molecule has 2 aromatic rings. The summed E-state index contributed by atoms with van der Waals surface area (Å²) in [6.07, 6.45) is 0. The van der Waals surface area contributed by atoms with Gasteiger partial charge in [-0.25, -0.2) is 4.39 Å². The molecule has 0 amide bonds. The minimum Gasteiger partial charge on any atom is -0.370 e. The number of aliphatic imine (C=N–C) groups is 1. The van der Waals surface area contributed by atoms with E-state index in [0.29, 0.717) is 19.0 Å². The lowest BCUT2D eigenvalue weighted by Crippen LogP contribution is -2.35. The third kappa shape index (κ3) is 2.58. The number of rotatable bonds is 3. The standard InChI is InChI=1S/C14H13BrFN3S/c15-12-4-3-9(16)6-11(12)13-7-18-14(17)19(13)8-10-2-1-5-20-10/h1-6,13H,7-8H2,(H2,17,18). The highest BCUT2D eigenvalue weighted by molar-refractivity contribution is 9.10. The van der Waals surface area contributed by atoms with E-state index in [1.54, 1.807) is 23.5 Å². The fourth-order valence-corrected chi connectivity index (χ4v) is 3.54. The van der Waals surface area contributed by atoms with Gasteiger partial charge in [-0.05, 0) is 35.2 Å². The van der Waals surface area contributed by atoms with E-state index in [1.807, 2.05) is 16.3 Å². The Morgan fingerprint density at radius 3 is 3.05 bits per heavy atom. The molecule has 3 nitrogen and oxygen atoms in total. The summed E-state index contributed by atoms with van der Waals surface area (Å²) in [5, 5.41) is 2.03. The van der Waals surface area contributed by atoms with Gasteiger partial charge >= 0.3 is 0 Å². The largest absolute Gasteiger partial charge is 0.370 e. The van der Waals surface area contributed by atoms with E-state index in [-0.39, 0.29) is 11.9 Å². The zero-order valence-electron chi connectivity index (χ0n) is 10.6. The lowest BCUT2D eigenvalue weighted by molar-refractivity contribution is 0.341. The van der Waals surface area contributed by atoms with Crippen molar-refractivity contribution in [3.8, 4) is 0 Å². The van der Waals surface area contributed by atoms with Crippen LogP contribution in [0.2, 0.25) is 0 Å². The maximum atomic E-state index is 13.5. The first-order valence-corrected chi connectivity index (χ1v) is 7.86. The van der Waals surface area contributed by atoms with Gasteiger partial charge in [-0.1, -0.05) is 22.0 Å². The second-order valence-corrected chi connectivity index (χ2v) is 6.47. The van der Waals surface area contributed by atoms with Crippen molar-refractivity contribution in [3.63, 3.8) is 0 Å². The Bertz CT molecular complexity index is 642. The number of guanidine groups is 1. The number of hydrogen-bond donors (Lipinski definition) is 1. The lowest BCUT2D eigenvalue weighted by Gasteiger charge is -2.26. The molecule has 2 N–H and O–H groups in total. The Morgan fingerprint density at radius 1 is 1.45 bits per heavy atom. The molecular formula is C14H13BrFN3S. The van der Waals surface area contributed by atoms with Crippen molar-refractivity contribution in [3.05, 3.63) is 56.4 Å². The summed E-state index contributed by atoms with van der Waals surface area (Å²) in [4.78, 5) is 7.54. The topological polar surface area (TPSA) is 41.6 Å². The van der Waals surface area contributed by atoms with E-state index in [1.165, 1.54) is 10.9 Å². The summed E-state index contributed by atoms with van der Waals surface area (Å²) in [6.45, 7) is 1.25. The summed E-state index contributed by atoms with van der Waals surface area (Å²) >= 11 is 5.16. The highest BCUT2D eigenvalue weighted by Crippen LogP contribution is 2.33. The van der Waals surface area contributed by atoms with Gasteiger partial charge in [0.15, 0.2) is 5.96 Å². The van der Waals surface area contributed by atoms with Gasteiger partial charge in [-0.15, -0.1) is 11.3 Å². The molecular weight excluding hydrogens is 341 g/mol. The van der Waals surface area contributed by atoms with Gasteiger partial charge in [0.25, 0.3) is 0 Å². The molecule has 1 aliphatic heterocycles. The molecule has 1 aromatic heterocycles. The average Bonchev–Trinajstić information content (AvgIpc) is 3.05. The molecule has 0 radical (unpaired) electrons. The SMILES string of the molecule is NC1=NCC(c2cc(F)ccc2Br)N1Cc1cccs1. The summed E-state index contributed by atoms with van der Waals surface area (Å²) in [5.74, 6) is 0.268. The Hall–Kier alpha value is -1.40. The van der Waals surface area contributed by atoms with Crippen LogP contribution in [0.25, 0.3) is 0 Å². The summed E-state index contributed by atoms with van der Waals surface area (Å²) < 4.78 is 14.4. The third-order valence-corrected chi connectivity index (χ3v) is 4.90. The van der Waals surface area contributed by atoms with Gasteiger partial charge in [-0.3, -0.25) is 4.99 Å². The number of benzene rings is 1. The minimum absolute atomic E-state index is 0.0258. The van der Waals surface area contributed by atoms with Crippen molar-refractivity contribution in [2.45, 2.75) is 12.6 Å². The normalized spacial score (nSPS) is 18.4. The Morgan fingerprint density at radius 2 is 2.30 bits per heavy atom. The molecule has 0 saturated heterocycles. The predicted molar refractivity (Wildman–Crippen MR) is 83.2 cm³/mol. The predicted octanol–water partition coefficient (Wildman–Crippen LogP) is 3.52. The van der Waals surface area contributed by atoms with Crippen LogP contribution in [-0.2, 0) is 6.54 Å². The van der Waals surface area contributed by atoms with Crippen molar-refractivity contribution in [1.82, 2.24) is 4.90 Å². The second kappa shape index (κ2) is 5.54. The van der Waals surface area contributed by atoms with Crippen molar-refractivity contribution in [2.24, 2.45) is 10.7 Å². The van der Waals surface area contributed by atoms with E-state index in [0.717, 1.165) is 10.0 Å². The van der Waals surface area contributed by atoms with Gasteiger partial charge in [-0.2, -0.15) is 0 Å². The molecule has 0 spiro atoms. The molecule has 104 valence electrons. The van der Waals surface area contributed by atoms with E-state index >= 15 is 0 Å². The Balaban J connectivity index is 1.90. The fourth-order valence-electron chi connectivity index (χ4n) is 2.33. The first-order chi connectivity index (χ1) is 9.65. The van der Waals surface area contributed by atoms with Crippen LogP contribution in [0.15, 0.2) is 45.2 Å². The van der Waals surface area contributed by atoms with Crippen LogP contribution in [0.4, 0.5) is 4.39 Å². The molecule has 3 rings (SSSR count). The van der Waals surface area contributed by atoms with E-state index in [9.17, 15) is 4.39 Å². The van der Waals surface area contributed by atoms with Crippen LogP contribution in [0.1, 0.15) is 16.5 Å². The van der Waals surface area contributed by atoms with E-state index in [4.69, 9.17) is 5.73 Å². The highest BCUT2D eigenvalue weighted by atomic mass is 79.9. The lowest BCUT2D eigenvalue weighted by atomic mass is 10.1. The van der Waals surface area contributed by atoms with Gasteiger partial charge in [0.05, 0.1) is 19.1 Å². The monoisotopic (exact) mass is 353 g/mol. The minimum atomic E-state index is -0.246. The third-order valence-electron chi connectivity index (χ3n) is 3.32. The smallest absolute Gasteiger partial charge is 0.192 e. The van der Waals surface area contributed by atoms with Crippen molar-refractivity contribution in [2.75, 3.05) is 6.54 Å². The molecule has 1 atom stereocenters. The van der Waals surface area contributed by atoms with Crippen molar-refractivity contribution in [1.29, 1.82) is 0 Å². The van der Waals surface area contributed by atoms with Crippen LogP contribution >= 0.6 is 27.3 Å². The van der Waals surface area contributed by atoms with Crippen molar-refractivity contribution < 1.29 is 4.39 Å². The summed E-state index contributed by atoms with van der Waals surface area (Å²) in [7, 11) is 0. The Labute approximate surface area is 129 Å². The van der Waals surface area contributed by atoms with Gasteiger partial charge in [0, 0.05) is 9.35 Å². The highest BCUT2D eigenvalue weighted by Gasteiger charge is 2.29. The van der Waals surface area contributed by atoms with Crippen LogP contribution in [0.5, 0.6) is 0 Å². The molecule has 20 heavy (non-hydrogen) atoms. The zero-order chi connectivity index (χ0) is 14.1. The molecule has 1 aromatic carbocycles. The first kappa shape index (κ1) is 13.6. The molecule has 1 aliphatic rings. The van der Waals surface area contributed by atoms with E-state index < -0.39 is 0 Å². The summed E-state index contributed by atoms with van der Waals surface area (Å²) in [5.41, 5.74) is 6.86. The second-order valence-electron chi connectivity index (χ2n) is 4.59. The molecule has 0 bridgehead atoms. The average molecular weight is 354 g/mol. The van der Waals surface area contributed by atoms with Crippen LogP contribution in [0.3, 0.4) is 0 Å². The van der Waals surface area contributed by atoms with Crippen LogP contribution in [0, 0.1) is 5.82 Å². The van der Waals surface area contributed by atoms with Gasteiger partial charge in [0.2, 0.25) is 0 Å². The summed E-state index contributed by atoms with van der Waals surface area (Å²) in [6, 6.07) is 8.76. The van der Waals surface area contributed by atoms with Crippen molar-refractivity contribution >= 4 is 33.2 Å². The van der Waals surface area contributed by atoms with Gasteiger partial charge < -0.3 is 10.6 Å². The number of nitrogens with two attached hydrogens (primary N) is 1. The number of halogens is 2. The molecule has 1 unspecified atom stereocenters.